The van der Waals surface area contributed by atoms with Gasteiger partial charge in [0.15, 0.2) is 0 Å². The summed E-state index contributed by atoms with van der Waals surface area (Å²) in [7, 11) is 0. The number of quaternary nitrogens is 1. The summed E-state index contributed by atoms with van der Waals surface area (Å²) >= 11 is 1.65. The first-order chi connectivity index (χ1) is 12.8. The minimum Gasteiger partial charge on any atom is -0.330 e. The summed E-state index contributed by atoms with van der Waals surface area (Å²) in [4.78, 5) is 15.8. The van der Waals surface area contributed by atoms with E-state index >= 15 is 0 Å². The van der Waals surface area contributed by atoms with Crippen LogP contribution in [0.1, 0.15) is 23.6 Å². The lowest BCUT2D eigenvalue weighted by Crippen LogP contribution is -3.13. The number of hydrogen-bond acceptors (Lipinski definition) is 2. The zero-order valence-electron chi connectivity index (χ0n) is 14.7. The fourth-order valence-electron chi connectivity index (χ4n) is 4.82. The van der Waals surface area contributed by atoms with E-state index in [1.165, 1.54) is 24.2 Å². The van der Waals surface area contributed by atoms with Crippen molar-refractivity contribution in [2.75, 3.05) is 13.1 Å². The normalized spacial score (nSPS) is 24.2. The fraction of sp³-hybridized carbons (Fsp3) is 0.318. The zero-order chi connectivity index (χ0) is 17.5. The Morgan fingerprint density at radius 1 is 1.04 bits per heavy atom. The number of nitrogens with one attached hydrogen (secondary N) is 1. The summed E-state index contributed by atoms with van der Waals surface area (Å²) in [6, 6.07) is 19.1. The van der Waals surface area contributed by atoms with Crippen molar-refractivity contribution in [2.24, 2.45) is 5.92 Å². The number of rotatable bonds is 3. The van der Waals surface area contributed by atoms with Crippen LogP contribution in [0.5, 0.6) is 0 Å². The van der Waals surface area contributed by atoms with E-state index < -0.39 is 0 Å². The number of piperidine rings is 1. The van der Waals surface area contributed by atoms with Crippen LogP contribution in [0.3, 0.4) is 0 Å². The van der Waals surface area contributed by atoms with Gasteiger partial charge in [0.2, 0.25) is 0 Å². The molecule has 2 aliphatic rings. The second-order valence-electron chi connectivity index (χ2n) is 7.68. The molecule has 26 heavy (non-hydrogen) atoms. The summed E-state index contributed by atoms with van der Waals surface area (Å²) in [6.45, 7) is 4.26. The van der Waals surface area contributed by atoms with Crippen molar-refractivity contribution in [2.45, 2.75) is 25.4 Å². The Kier molecular flexibility index (Phi) is 4.03. The van der Waals surface area contributed by atoms with Gasteiger partial charge in [0.1, 0.15) is 6.54 Å². The Balaban J connectivity index is 1.44. The van der Waals surface area contributed by atoms with E-state index in [1.807, 2.05) is 23.6 Å². The zero-order valence-corrected chi connectivity index (χ0v) is 15.5. The molecule has 1 saturated heterocycles. The first-order valence-corrected chi connectivity index (χ1v) is 10.3. The van der Waals surface area contributed by atoms with Gasteiger partial charge < -0.3 is 9.47 Å². The first-order valence-electron chi connectivity index (χ1n) is 9.43. The molecule has 1 fully saturated rings. The molecule has 0 saturated carbocycles. The van der Waals surface area contributed by atoms with Crippen LogP contribution in [0.4, 0.5) is 0 Å². The lowest BCUT2D eigenvalue weighted by atomic mass is 9.82. The highest BCUT2D eigenvalue weighted by Crippen LogP contribution is 2.32. The quantitative estimate of drug-likeness (QED) is 0.761. The van der Waals surface area contributed by atoms with Crippen molar-refractivity contribution in [1.29, 1.82) is 0 Å². The summed E-state index contributed by atoms with van der Waals surface area (Å²) in [5, 5.41) is 2.04. The monoisotopic (exact) mass is 363 g/mol. The van der Waals surface area contributed by atoms with Crippen molar-refractivity contribution in [3.63, 3.8) is 0 Å². The molecular formula is C22H23N2OS+. The topological polar surface area (TPSA) is 26.4 Å². The molecule has 3 nitrogen and oxygen atoms in total. The van der Waals surface area contributed by atoms with E-state index in [1.54, 1.807) is 16.2 Å². The highest BCUT2D eigenvalue weighted by molar-refractivity contribution is 7.13. The van der Waals surface area contributed by atoms with Crippen molar-refractivity contribution >= 4 is 11.3 Å². The second-order valence-corrected chi connectivity index (χ2v) is 8.63. The van der Waals surface area contributed by atoms with E-state index in [0.29, 0.717) is 11.8 Å². The molecule has 4 heterocycles. The minimum absolute atomic E-state index is 0.200. The maximum atomic E-state index is 13.1. The standard InChI is InChI=1S/C22H22N2OS/c25-22-19(21-7-4-10-26-21)8-9-20-18-11-17(14-24(20)22)13-23(15-18)12-16-5-2-1-3-6-16/h1-10,17-18H,11-15H2/p+1/t17-,18+/m0/s1. The predicted molar refractivity (Wildman–Crippen MR) is 106 cm³/mol. The number of fused-ring (bicyclic) bond motifs is 4. The Bertz CT molecular complexity index is 962. The number of nitrogens with zero attached hydrogens (tertiary/aromatic N) is 1. The largest absolute Gasteiger partial charge is 0.330 e. The second kappa shape index (κ2) is 6.53. The van der Waals surface area contributed by atoms with Crippen LogP contribution in [0.2, 0.25) is 0 Å². The number of hydrogen-bond donors (Lipinski definition) is 1. The van der Waals surface area contributed by atoms with Crippen LogP contribution in [-0.4, -0.2) is 17.7 Å². The maximum absolute atomic E-state index is 13.1. The Labute approximate surface area is 157 Å². The van der Waals surface area contributed by atoms with E-state index in [4.69, 9.17) is 0 Å². The average Bonchev–Trinajstić information content (AvgIpc) is 3.18. The molecule has 1 N–H and O–H groups in total. The molecule has 0 amide bonds. The van der Waals surface area contributed by atoms with Gasteiger partial charge >= 0.3 is 0 Å². The number of benzene rings is 1. The lowest BCUT2D eigenvalue weighted by Gasteiger charge is -2.40. The van der Waals surface area contributed by atoms with E-state index in [-0.39, 0.29) is 5.56 Å². The van der Waals surface area contributed by atoms with Crippen molar-refractivity contribution < 1.29 is 4.90 Å². The van der Waals surface area contributed by atoms with Gasteiger partial charge in [-0.1, -0.05) is 36.4 Å². The predicted octanol–water partition coefficient (Wildman–Crippen LogP) is 2.78. The Morgan fingerprint density at radius 3 is 2.73 bits per heavy atom. The van der Waals surface area contributed by atoms with Gasteiger partial charge in [0.05, 0.1) is 18.7 Å². The number of thiophene rings is 1. The molecule has 2 bridgehead atoms. The minimum atomic E-state index is 0.200. The number of pyridine rings is 1. The van der Waals surface area contributed by atoms with E-state index in [0.717, 1.165) is 30.1 Å². The molecule has 132 valence electrons. The maximum Gasteiger partial charge on any atom is 0.259 e. The molecule has 3 atom stereocenters. The number of aromatic nitrogens is 1. The Morgan fingerprint density at radius 2 is 1.92 bits per heavy atom. The molecule has 0 spiro atoms. The third kappa shape index (κ3) is 2.83. The third-order valence-corrected chi connectivity index (χ3v) is 6.78. The van der Waals surface area contributed by atoms with Crippen LogP contribution in [0, 0.1) is 5.92 Å². The molecule has 0 radical (unpaired) electrons. The highest BCUT2D eigenvalue weighted by atomic mass is 32.1. The SMILES string of the molecule is O=c1c(-c2cccs2)ccc2n1C[C@H]1C[C@@H]2C[NH+](Cc2ccccc2)C1. The van der Waals surface area contributed by atoms with E-state index in [2.05, 4.69) is 41.0 Å². The van der Waals surface area contributed by atoms with Crippen LogP contribution in [0.25, 0.3) is 10.4 Å². The molecule has 2 aliphatic heterocycles. The first kappa shape index (κ1) is 16.0. The molecule has 1 unspecified atom stereocenters. The van der Waals surface area contributed by atoms with Gasteiger partial charge in [-0.3, -0.25) is 4.79 Å². The van der Waals surface area contributed by atoms with Crippen LogP contribution in [-0.2, 0) is 13.1 Å². The van der Waals surface area contributed by atoms with Crippen LogP contribution < -0.4 is 10.5 Å². The van der Waals surface area contributed by atoms with Crippen LogP contribution >= 0.6 is 11.3 Å². The van der Waals surface area contributed by atoms with Crippen molar-refractivity contribution in [3.8, 4) is 10.4 Å². The molecule has 0 aliphatic carbocycles. The third-order valence-electron chi connectivity index (χ3n) is 5.88. The average molecular weight is 364 g/mol. The van der Waals surface area contributed by atoms with Gasteiger partial charge in [0.25, 0.3) is 5.56 Å². The summed E-state index contributed by atoms with van der Waals surface area (Å²) < 4.78 is 2.08. The van der Waals surface area contributed by atoms with Crippen LogP contribution in [0.15, 0.2) is 64.8 Å². The van der Waals surface area contributed by atoms with E-state index in [9.17, 15) is 4.79 Å². The van der Waals surface area contributed by atoms with Gasteiger partial charge in [-0.15, -0.1) is 11.3 Å². The van der Waals surface area contributed by atoms with Gasteiger partial charge in [-0.25, -0.2) is 0 Å². The fourth-order valence-corrected chi connectivity index (χ4v) is 5.56. The van der Waals surface area contributed by atoms with Gasteiger partial charge in [-0.05, 0) is 30.0 Å². The molecular weight excluding hydrogens is 340 g/mol. The summed E-state index contributed by atoms with van der Waals surface area (Å²) in [5.74, 6) is 1.11. The van der Waals surface area contributed by atoms with Gasteiger partial charge in [-0.2, -0.15) is 0 Å². The molecule has 5 rings (SSSR count). The molecule has 4 heteroatoms. The summed E-state index contributed by atoms with van der Waals surface area (Å²) in [5.41, 5.74) is 3.72. The molecule has 1 aromatic carbocycles. The van der Waals surface area contributed by atoms with Gasteiger partial charge in [0, 0.05) is 34.5 Å². The van der Waals surface area contributed by atoms with Crippen molar-refractivity contribution in [1.82, 2.24) is 4.57 Å². The smallest absolute Gasteiger partial charge is 0.259 e. The molecule has 3 aromatic rings. The molecule has 2 aromatic heterocycles. The lowest BCUT2D eigenvalue weighted by molar-refractivity contribution is -0.924. The Hall–Kier alpha value is -2.17. The van der Waals surface area contributed by atoms with Crippen molar-refractivity contribution in [3.05, 3.63) is 81.6 Å². The number of likely N-dealkylation sites (tertiary alicyclic amines) is 1. The summed E-state index contributed by atoms with van der Waals surface area (Å²) in [6.07, 6.45) is 1.23. The highest BCUT2D eigenvalue weighted by Gasteiger charge is 2.37.